The molecule has 0 atom stereocenters. The SMILES string of the molecule is CC(C)(C)c1ccc(C(=O)NCCn2c(=O)[nH]c3cc(F)ccc32)cc1. The van der Waals surface area contributed by atoms with E-state index in [0.29, 0.717) is 29.7 Å². The molecule has 0 unspecified atom stereocenters. The molecule has 0 saturated carbocycles. The van der Waals surface area contributed by atoms with Crippen LogP contribution in [0.15, 0.2) is 47.3 Å². The molecule has 0 fully saturated rings. The average molecular weight is 355 g/mol. The standard InChI is InChI=1S/C20H22FN3O2/c1-20(2,3)14-6-4-13(5-7-14)18(25)22-10-11-24-17-9-8-15(21)12-16(17)23-19(24)26/h4-9,12H,10-11H2,1-3H3,(H,22,25)(H,23,26). The van der Waals surface area contributed by atoms with Crippen molar-refractivity contribution in [3.8, 4) is 0 Å². The van der Waals surface area contributed by atoms with Crippen LogP contribution in [0.4, 0.5) is 4.39 Å². The number of fused-ring (bicyclic) bond motifs is 1. The number of hydrogen-bond donors (Lipinski definition) is 2. The van der Waals surface area contributed by atoms with E-state index in [-0.39, 0.29) is 17.0 Å². The van der Waals surface area contributed by atoms with Gasteiger partial charge in [-0.25, -0.2) is 9.18 Å². The van der Waals surface area contributed by atoms with Crippen LogP contribution in [0.5, 0.6) is 0 Å². The summed E-state index contributed by atoms with van der Waals surface area (Å²) < 4.78 is 14.7. The number of benzene rings is 2. The minimum absolute atomic E-state index is 0.0327. The largest absolute Gasteiger partial charge is 0.350 e. The lowest BCUT2D eigenvalue weighted by Gasteiger charge is -2.19. The van der Waals surface area contributed by atoms with Crippen LogP contribution in [0.25, 0.3) is 11.0 Å². The molecule has 3 aromatic rings. The van der Waals surface area contributed by atoms with E-state index in [1.165, 1.54) is 16.7 Å². The van der Waals surface area contributed by atoms with Crippen LogP contribution < -0.4 is 11.0 Å². The maximum Gasteiger partial charge on any atom is 0.326 e. The van der Waals surface area contributed by atoms with Crippen LogP contribution in [0.3, 0.4) is 0 Å². The lowest BCUT2D eigenvalue weighted by Crippen LogP contribution is -2.30. The summed E-state index contributed by atoms with van der Waals surface area (Å²) in [5.41, 5.74) is 2.50. The fraction of sp³-hybridized carbons (Fsp3) is 0.300. The van der Waals surface area contributed by atoms with Crippen molar-refractivity contribution in [3.05, 3.63) is 69.9 Å². The van der Waals surface area contributed by atoms with Gasteiger partial charge in [0.05, 0.1) is 11.0 Å². The number of aromatic amines is 1. The Morgan fingerprint density at radius 1 is 1.15 bits per heavy atom. The molecular formula is C20H22FN3O2. The predicted octanol–water partition coefficient (Wildman–Crippen LogP) is 3.20. The molecule has 0 saturated heterocycles. The van der Waals surface area contributed by atoms with Crippen molar-refractivity contribution in [3.63, 3.8) is 0 Å². The van der Waals surface area contributed by atoms with Gasteiger partial charge in [0.15, 0.2) is 0 Å². The Hall–Kier alpha value is -2.89. The highest BCUT2D eigenvalue weighted by Gasteiger charge is 2.14. The third kappa shape index (κ3) is 3.69. The number of carbonyl (C=O) groups is 1. The molecule has 2 aromatic carbocycles. The third-order valence-corrected chi connectivity index (χ3v) is 4.37. The summed E-state index contributed by atoms with van der Waals surface area (Å²) in [6.07, 6.45) is 0. The van der Waals surface area contributed by atoms with Crippen molar-refractivity contribution in [2.75, 3.05) is 6.54 Å². The minimum atomic E-state index is -0.405. The summed E-state index contributed by atoms with van der Waals surface area (Å²) in [4.78, 5) is 26.9. The van der Waals surface area contributed by atoms with Crippen LogP contribution in [-0.2, 0) is 12.0 Å². The van der Waals surface area contributed by atoms with Gasteiger partial charge in [-0.3, -0.25) is 9.36 Å². The zero-order valence-electron chi connectivity index (χ0n) is 15.1. The topological polar surface area (TPSA) is 66.9 Å². The van der Waals surface area contributed by atoms with Gasteiger partial charge in [-0.05, 0) is 41.3 Å². The highest BCUT2D eigenvalue weighted by molar-refractivity contribution is 5.94. The lowest BCUT2D eigenvalue weighted by atomic mass is 9.87. The number of imidazole rings is 1. The van der Waals surface area contributed by atoms with Gasteiger partial charge in [0.25, 0.3) is 5.91 Å². The van der Waals surface area contributed by atoms with E-state index in [1.54, 1.807) is 18.2 Å². The van der Waals surface area contributed by atoms with E-state index in [1.807, 2.05) is 12.1 Å². The molecule has 1 heterocycles. The summed E-state index contributed by atoms with van der Waals surface area (Å²) in [6.45, 7) is 6.95. The Kier molecular flexibility index (Phi) is 4.68. The molecule has 0 spiro atoms. The number of nitrogens with zero attached hydrogens (tertiary/aromatic N) is 1. The zero-order chi connectivity index (χ0) is 18.9. The van der Waals surface area contributed by atoms with Gasteiger partial charge >= 0.3 is 5.69 Å². The van der Waals surface area contributed by atoms with E-state index in [2.05, 4.69) is 31.1 Å². The molecule has 1 aromatic heterocycles. The molecule has 0 aliphatic rings. The van der Waals surface area contributed by atoms with E-state index < -0.39 is 5.82 Å². The number of amides is 1. The van der Waals surface area contributed by atoms with Gasteiger partial charge in [0.1, 0.15) is 5.82 Å². The van der Waals surface area contributed by atoms with Crippen molar-refractivity contribution in [1.82, 2.24) is 14.9 Å². The molecule has 3 rings (SSSR count). The number of rotatable bonds is 4. The van der Waals surface area contributed by atoms with E-state index in [9.17, 15) is 14.0 Å². The Morgan fingerprint density at radius 3 is 2.50 bits per heavy atom. The first kappa shape index (κ1) is 17.9. The number of nitrogens with one attached hydrogen (secondary N) is 2. The van der Waals surface area contributed by atoms with E-state index >= 15 is 0 Å². The van der Waals surface area contributed by atoms with Gasteiger partial charge in [0.2, 0.25) is 0 Å². The van der Waals surface area contributed by atoms with E-state index in [0.717, 1.165) is 5.56 Å². The maximum absolute atomic E-state index is 13.2. The Morgan fingerprint density at radius 2 is 1.85 bits per heavy atom. The van der Waals surface area contributed by atoms with Crippen LogP contribution in [0, 0.1) is 5.82 Å². The van der Waals surface area contributed by atoms with E-state index in [4.69, 9.17) is 0 Å². The van der Waals surface area contributed by atoms with Gasteiger partial charge in [-0.1, -0.05) is 32.9 Å². The fourth-order valence-corrected chi connectivity index (χ4v) is 2.86. The summed E-state index contributed by atoms with van der Waals surface area (Å²) in [5, 5.41) is 2.81. The summed E-state index contributed by atoms with van der Waals surface area (Å²) in [7, 11) is 0. The maximum atomic E-state index is 13.2. The van der Waals surface area contributed by atoms with Crippen LogP contribution in [0.1, 0.15) is 36.7 Å². The Labute approximate surface area is 150 Å². The van der Waals surface area contributed by atoms with Gasteiger partial charge < -0.3 is 10.3 Å². The molecule has 0 aliphatic heterocycles. The Bertz CT molecular complexity index is 995. The molecule has 0 radical (unpaired) electrons. The number of H-pyrrole nitrogens is 1. The monoisotopic (exact) mass is 355 g/mol. The van der Waals surface area contributed by atoms with Crippen molar-refractivity contribution >= 4 is 16.9 Å². The number of halogens is 1. The van der Waals surface area contributed by atoms with Crippen LogP contribution in [-0.4, -0.2) is 22.0 Å². The molecule has 0 bridgehead atoms. The highest BCUT2D eigenvalue weighted by Crippen LogP contribution is 2.22. The van der Waals surface area contributed by atoms with Crippen molar-refractivity contribution < 1.29 is 9.18 Å². The van der Waals surface area contributed by atoms with Crippen molar-refractivity contribution in [2.45, 2.75) is 32.7 Å². The summed E-state index contributed by atoms with van der Waals surface area (Å²) in [5.74, 6) is -0.595. The highest BCUT2D eigenvalue weighted by atomic mass is 19.1. The summed E-state index contributed by atoms with van der Waals surface area (Å²) >= 11 is 0. The smallest absolute Gasteiger partial charge is 0.326 e. The second-order valence-corrected chi connectivity index (χ2v) is 7.33. The van der Waals surface area contributed by atoms with Crippen molar-refractivity contribution in [1.29, 1.82) is 0 Å². The number of hydrogen-bond acceptors (Lipinski definition) is 2. The minimum Gasteiger partial charge on any atom is -0.350 e. The Balaban J connectivity index is 1.66. The van der Waals surface area contributed by atoms with Crippen LogP contribution >= 0.6 is 0 Å². The zero-order valence-corrected chi connectivity index (χ0v) is 15.1. The first-order chi connectivity index (χ1) is 12.3. The number of aromatic nitrogens is 2. The second-order valence-electron chi connectivity index (χ2n) is 7.33. The predicted molar refractivity (Wildman–Crippen MR) is 100.0 cm³/mol. The van der Waals surface area contributed by atoms with Gasteiger partial charge in [-0.15, -0.1) is 0 Å². The molecule has 2 N–H and O–H groups in total. The fourth-order valence-electron chi connectivity index (χ4n) is 2.86. The van der Waals surface area contributed by atoms with Gasteiger partial charge in [0, 0.05) is 18.7 Å². The summed E-state index contributed by atoms with van der Waals surface area (Å²) in [6, 6.07) is 11.6. The molecule has 5 nitrogen and oxygen atoms in total. The van der Waals surface area contributed by atoms with Gasteiger partial charge in [-0.2, -0.15) is 0 Å². The van der Waals surface area contributed by atoms with Crippen LogP contribution in [0.2, 0.25) is 0 Å². The number of carbonyl (C=O) groups excluding carboxylic acids is 1. The molecule has 6 heteroatoms. The first-order valence-corrected chi connectivity index (χ1v) is 8.52. The normalized spacial score (nSPS) is 11.7. The molecule has 1 amide bonds. The first-order valence-electron chi connectivity index (χ1n) is 8.52. The lowest BCUT2D eigenvalue weighted by molar-refractivity contribution is 0.0952. The average Bonchev–Trinajstić information content (AvgIpc) is 2.88. The molecule has 26 heavy (non-hydrogen) atoms. The third-order valence-electron chi connectivity index (χ3n) is 4.37. The molecular weight excluding hydrogens is 333 g/mol. The van der Waals surface area contributed by atoms with Crippen molar-refractivity contribution in [2.24, 2.45) is 0 Å². The molecule has 0 aliphatic carbocycles. The quantitative estimate of drug-likeness (QED) is 0.755. The second kappa shape index (κ2) is 6.78. The molecule has 136 valence electrons.